The van der Waals surface area contributed by atoms with Crippen molar-refractivity contribution in [3.05, 3.63) is 96.6 Å². The number of rotatable bonds is 6. The van der Waals surface area contributed by atoms with Crippen LogP contribution in [0, 0.1) is 0 Å². The summed E-state index contributed by atoms with van der Waals surface area (Å²) in [4.78, 5) is 4.92. The Morgan fingerprint density at radius 2 is 1.36 bits per heavy atom. The van der Waals surface area contributed by atoms with Gasteiger partial charge in [-0.05, 0) is 29.8 Å². The molecule has 1 fully saturated rings. The molecule has 0 atom stereocenters. The second-order valence-electron chi connectivity index (χ2n) is 6.98. The molecular weight excluding hydrogens is 344 g/mol. The molecule has 142 valence electrons. The maximum absolute atomic E-state index is 6.14. The highest BCUT2D eigenvalue weighted by atomic mass is 16.5. The Morgan fingerprint density at radius 3 is 2.11 bits per heavy atom. The van der Waals surface area contributed by atoms with Gasteiger partial charge in [-0.25, -0.2) is 0 Å². The van der Waals surface area contributed by atoms with Crippen molar-refractivity contribution in [1.82, 2.24) is 4.90 Å². The van der Waals surface area contributed by atoms with E-state index in [1.807, 2.05) is 36.4 Å². The standard InChI is InChI=1S/C25H26N2O/c1-3-10-22(11-4-1)12-9-17-26-18-20-27(21-19-26)24-15-7-8-16-25(24)28-23-13-5-2-6-14-23/h1-16H,17-21H2/b12-9+. The second kappa shape index (κ2) is 9.25. The molecule has 0 unspecified atom stereocenters. The number of anilines is 1. The zero-order chi connectivity index (χ0) is 19.0. The van der Waals surface area contributed by atoms with Crippen molar-refractivity contribution in [2.45, 2.75) is 0 Å². The van der Waals surface area contributed by atoms with E-state index >= 15 is 0 Å². The second-order valence-corrected chi connectivity index (χ2v) is 6.98. The first kappa shape index (κ1) is 18.3. The maximum atomic E-state index is 6.14. The third-order valence-corrected chi connectivity index (χ3v) is 5.02. The highest BCUT2D eigenvalue weighted by molar-refractivity contribution is 5.60. The van der Waals surface area contributed by atoms with Crippen LogP contribution in [0.3, 0.4) is 0 Å². The Labute approximate surface area is 167 Å². The van der Waals surface area contributed by atoms with Crippen molar-refractivity contribution in [3.63, 3.8) is 0 Å². The van der Waals surface area contributed by atoms with Crippen molar-refractivity contribution >= 4 is 11.8 Å². The first-order valence-corrected chi connectivity index (χ1v) is 9.89. The summed E-state index contributed by atoms with van der Waals surface area (Å²) in [6.07, 6.45) is 4.47. The molecule has 1 aliphatic heterocycles. The van der Waals surface area contributed by atoms with E-state index in [4.69, 9.17) is 4.74 Å². The molecule has 3 aromatic rings. The molecule has 1 aliphatic rings. The summed E-state index contributed by atoms with van der Waals surface area (Å²) < 4.78 is 6.14. The minimum absolute atomic E-state index is 0.875. The Kier molecular flexibility index (Phi) is 6.05. The molecule has 0 N–H and O–H groups in total. The van der Waals surface area contributed by atoms with Crippen LogP contribution in [0.1, 0.15) is 5.56 Å². The summed E-state index contributed by atoms with van der Waals surface area (Å²) in [5.41, 5.74) is 2.43. The van der Waals surface area contributed by atoms with Crippen molar-refractivity contribution in [3.8, 4) is 11.5 Å². The van der Waals surface area contributed by atoms with Crippen molar-refractivity contribution in [2.24, 2.45) is 0 Å². The van der Waals surface area contributed by atoms with Crippen LogP contribution in [-0.2, 0) is 0 Å². The third-order valence-electron chi connectivity index (χ3n) is 5.02. The molecule has 1 saturated heterocycles. The molecule has 1 heterocycles. The van der Waals surface area contributed by atoms with E-state index in [0.29, 0.717) is 0 Å². The monoisotopic (exact) mass is 370 g/mol. The van der Waals surface area contributed by atoms with E-state index in [1.165, 1.54) is 11.3 Å². The number of piperazine rings is 1. The van der Waals surface area contributed by atoms with Gasteiger partial charge in [0, 0.05) is 32.7 Å². The molecule has 3 nitrogen and oxygen atoms in total. The molecule has 0 saturated carbocycles. The van der Waals surface area contributed by atoms with Gasteiger partial charge in [0.15, 0.2) is 5.75 Å². The Bertz CT molecular complexity index is 885. The van der Waals surface area contributed by atoms with E-state index in [1.54, 1.807) is 0 Å². The van der Waals surface area contributed by atoms with E-state index < -0.39 is 0 Å². The van der Waals surface area contributed by atoms with Gasteiger partial charge in [0.2, 0.25) is 0 Å². The average Bonchev–Trinajstić information content (AvgIpc) is 2.76. The molecule has 0 amide bonds. The van der Waals surface area contributed by atoms with Gasteiger partial charge in [-0.15, -0.1) is 0 Å². The van der Waals surface area contributed by atoms with Gasteiger partial charge in [0.25, 0.3) is 0 Å². The van der Waals surface area contributed by atoms with Crippen LogP contribution in [0.5, 0.6) is 11.5 Å². The smallest absolute Gasteiger partial charge is 0.150 e. The summed E-state index contributed by atoms with van der Waals surface area (Å²) in [6, 6.07) is 28.8. The van der Waals surface area contributed by atoms with E-state index in [0.717, 1.165) is 44.2 Å². The predicted molar refractivity (Wildman–Crippen MR) is 117 cm³/mol. The fourth-order valence-electron chi connectivity index (χ4n) is 3.49. The Hall–Kier alpha value is -3.04. The number of benzene rings is 3. The van der Waals surface area contributed by atoms with Gasteiger partial charge in [0.1, 0.15) is 5.75 Å². The van der Waals surface area contributed by atoms with Gasteiger partial charge in [0.05, 0.1) is 5.69 Å². The lowest BCUT2D eigenvalue weighted by Gasteiger charge is -2.36. The number of para-hydroxylation sites is 3. The lowest BCUT2D eigenvalue weighted by Crippen LogP contribution is -2.46. The summed E-state index contributed by atoms with van der Waals surface area (Å²) in [7, 11) is 0. The van der Waals surface area contributed by atoms with Gasteiger partial charge < -0.3 is 9.64 Å². The Balaban J connectivity index is 1.34. The van der Waals surface area contributed by atoms with Crippen molar-refractivity contribution in [1.29, 1.82) is 0 Å². The molecule has 0 aliphatic carbocycles. The lowest BCUT2D eigenvalue weighted by atomic mass is 10.2. The summed E-state index contributed by atoms with van der Waals surface area (Å²) in [5, 5.41) is 0. The number of hydrogen-bond acceptors (Lipinski definition) is 3. The fourth-order valence-corrected chi connectivity index (χ4v) is 3.49. The molecule has 3 heteroatoms. The van der Waals surface area contributed by atoms with Crippen LogP contribution in [0.2, 0.25) is 0 Å². The first-order chi connectivity index (χ1) is 13.9. The normalized spacial score (nSPS) is 15.1. The molecule has 0 bridgehead atoms. The SMILES string of the molecule is C(=C\c1ccccc1)/CN1CCN(c2ccccc2Oc2ccccc2)CC1. The number of ether oxygens (including phenoxy) is 1. The highest BCUT2D eigenvalue weighted by Gasteiger charge is 2.19. The quantitative estimate of drug-likeness (QED) is 0.584. The van der Waals surface area contributed by atoms with Crippen LogP contribution < -0.4 is 9.64 Å². The summed E-state index contributed by atoms with van der Waals surface area (Å²) in [6.45, 7) is 5.12. The molecule has 0 spiro atoms. The van der Waals surface area contributed by atoms with E-state index in [-0.39, 0.29) is 0 Å². The van der Waals surface area contributed by atoms with Gasteiger partial charge in [-0.1, -0.05) is 72.8 Å². The fraction of sp³-hybridized carbons (Fsp3) is 0.200. The molecule has 4 rings (SSSR count). The third kappa shape index (κ3) is 4.81. The lowest BCUT2D eigenvalue weighted by molar-refractivity contribution is 0.283. The van der Waals surface area contributed by atoms with Crippen LogP contribution >= 0.6 is 0 Å². The van der Waals surface area contributed by atoms with Gasteiger partial charge >= 0.3 is 0 Å². The Morgan fingerprint density at radius 1 is 0.714 bits per heavy atom. The van der Waals surface area contributed by atoms with Crippen molar-refractivity contribution < 1.29 is 4.74 Å². The maximum Gasteiger partial charge on any atom is 0.150 e. The minimum atomic E-state index is 0.875. The van der Waals surface area contributed by atoms with Crippen LogP contribution in [0.4, 0.5) is 5.69 Å². The molecule has 3 aromatic carbocycles. The zero-order valence-electron chi connectivity index (χ0n) is 16.1. The average molecular weight is 370 g/mol. The van der Waals surface area contributed by atoms with Crippen LogP contribution in [0.15, 0.2) is 91.0 Å². The van der Waals surface area contributed by atoms with Gasteiger partial charge in [-0.2, -0.15) is 0 Å². The van der Waals surface area contributed by atoms with Crippen LogP contribution in [0.25, 0.3) is 6.08 Å². The zero-order valence-corrected chi connectivity index (χ0v) is 16.1. The predicted octanol–water partition coefficient (Wildman–Crippen LogP) is 5.31. The molecule has 0 aromatic heterocycles. The van der Waals surface area contributed by atoms with Gasteiger partial charge in [-0.3, -0.25) is 4.90 Å². The van der Waals surface area contributed by atoms with Crippen LogP contribution in [-0.4, -0.2) is 37.6 Å². The molecule has 28 heavy (non-hydrogen) atoms. The van der Waals surface area contributed by atoms with E-state index in [2.05, 4.69) is 70.5 Å². The minimum Gasteiger partial charge on any atom is -0.455 e. The molecule has 0 radical (unpaired) electrons. The molecular formula is C25H26N2O. The van der Waals surface area contributed by atoms with E-state index in [9.17, 15) is 0 Å². The highest BCUT2D eigenvalue weighted by Crippen LogP contribution is 2.32. The topological polar surface area (TPSA) is 15.7 Å². The number of nitrogens with zero attached hydrogens (tertiary/aromatic N) is 2. The summed E-state index contributed by atoms with van der Waals surface area (Å²) in [5.74, 6) is 1.80. The largest absolute Gasteiger partial charge is 0.455 e. The summed E-state index contributed by atoms with van der Waals surface area (Å²) >= 11 is 0. The van der Waals surface area contributed by atoms with Crippen molar-refractivity contribution in [2.75, 3.05) is 37.6 Å². The first-order valence-electron chi connectivity index (χ1n) is 9.89. The number of hydrogen-bond donors (Lipinski definition) is 0.